The average Bonchev–Trinajstić information content (AvgIpc) is 3.00. The number of nitrogens with one attached hydrogen (secondary N) is 1. The molecule has 1 N–H and O–H groups in total. The normalized spacial score (nSPS) is 11.4. The minimum Gasteiger partial charge on any atom is -0.493 e. The van der Waals surface area contributed by atoms with Gasteiger partial charge in [0, 0.05) is 19.5 Å². The summed E-state index contributed by atoms with van der Waals surface area (Å²) in [5.41, 5.74) is 3.51. The smallest absolute Gasteiger partial charge is 0.243 e. The average molecular weight is 555 g/mol. The van der Waals surface area contributed by atoms with Gasteiger partial charge in [0.05, 0.1) is 20.6 Å². The molecule has 7 heteroatoms. The first-order chi connectivity index (χ1) is 20.0. The highest BCUT2D eigenvalue weighted by molar-refractivity contribution is 5.88. The van der Waals surface area contributed by atoms with Crippen molar-refractivity contribution in [2.24, 2.45) is 0 Å². The number of nitrogens with zero attached hydrogens (tertiary/aromatic N) is 1. The van der Waals surface area contributed by atoms with E-state index in [4.69, 9.17) is 9.47 Å². The molecule has 4 aromatic rings. The lowest BCUT2D eigenvalue weighted by Gasteiger charge is -2.32. The van der Waals surface area contributed by atoms with Gasteiger partial charge in [0.25, 0.3) is 0 Å². The number of halogens is 1. The van der Waals surface area contributed by atoms with Crippen LogP contribution in [0.1, 0.15) is 22.3 Å². The van der Waals surface area contributed by atoms with Crippen molar-refractivity contribution in [1.29, 1.82) is 0 Å². The topological polar surface area (TPSA) is 67.9 Å². The number of methoxy groups -OCH3 is 2. The molecular weight excluding hydrogens is 519 g/mol. The van der Waals surface area contributed by atoms with Gasteiger partial charge in [0.1, 0.15) is 11.9 Å². The Labute approximate surface area is 240 Å². The highest BCUT2D eigenvalue weighted by Crippen LogP contribution is 2.27. The summed E-state index contributed by atoms with van der Waals surface area (Å²) in [6.45, 7) is 0.545. The SMILES string of the molecule is COc1ccc(CCNC(=O)[C@H](Cc2ccccc2)N(Cc2ccc(F)cc2)C(=O)Cc2ccccc2)cc1OC. The summed E-state index contributed by atoms with van der Waals surface area (Å²) in [6.07, 6.45) is 1.05. The van der Waals surface area contributed by atoms with E-state index in [1.54, 1.807) is 31.3 Å². The van der Waals surface area contributed by atoms with Gasteiger partial charge in [-0.2, -0.15) is 0 Å². The Morgan fingerprint density at radius 1 is 0.756 bits per heavy atom. The molecule has 0 bridgehead atoms. The highest BCUT2D eigenvalue weighted by Gasteiger charge is 2.30. The van der Waals surface area contributed by atoms with Crippen LogP contribution in [0.3, 0.4) is 0 Å². The minimum atomic E-state index is -0.774. The van der Waals surface area contributed by atoms with Gasteiger partial charge < -0.3 is 19.7 Å². The maximum Gasteiger partial charge on any atom is 0.243 e. The largest absolute Gasteiger partial charge is 0.493 e. The fourth-order valence-electron chi connectivity index (χ4n) is 4.70. The van der Waals surface area contributed by atoms with Crippen LogP contribution in [-0.2, 0) is 35.4 Å². The molecule has 41 heavy (non-hydrogen) atoms. The molecule has 4 rings (SSSR count). The Kier molecular flexibility index (Phi) is 10.5. The molecule has 0 aromatic heterocycles. The fraction of sp³-hybridized carbons (Fsp3) is 0.235. The van der Waals surface area contributed by atoms with Crippen molar-refractivity contribution in [3.63, 3.8) is 0 Å². The summed E-state index contributed by atoms with van der Waals surface area (Å²) in [6, 6.07) is 30.0. The van der Waals surface area contributed by atoms with Crippen molar-refractivity contribution in [2.45, 2.75) is 31.8 Å². The summed E-state index contributed by atoms with van der Waals surface area (Å²) in [5.74, 6) is 0.464. The molecule has 0 radical (unpaired) electrons. The molecule has 0 fully saturated rings. The Morgan fingerprint density at radius 2 is 1.37 bits per heavy atom. The Morgan fingerprint density at radius 3 is 2.00 bits per heavy atom. The number of carbonyl (C=O) groups excluding carboxylic acids is 2. The second kappa shape index (κ2) is 14.7. The molecule has 0 heterocycles. The van der Waals surface area contributed by atoms with Crippen molar-refractivity contribution in [2.75, 3.05) is 20.8 Å². The molecule has 6 nitrogen and oxygen atoms in total. The zero-order chi connectivity index (χ0) is 29.0. The molecule has 1 atom stereocenters. The molecule has 212 valence electrons. The molecule has 0 aliphatic heterocycles. The maximum atomic E-state index is 13.8. The third kappa shape index (κ3) is 8.42. The van der Waals surface area contributed by atoms with Gasteiger partial charge in [-0.1, -0.05) is 78.9 Å². The summed E-state index contributed by atoms with van der Waals surface area (Å²) >= 11 is 0. The predicted molar refractivity (Wildman–Crippen MR) is 157 cm³/mol. The Hall–Kier alpha value is -4.65. The maximum absolute atomic E-state index is 13.8. The van der Waals surface area contributed by atoms with Crippen molar-refractivity contribution in [3.8, 4) is 11.5 Å². The lowest BCUT2D eigenvalue weighted by Crippen LogP contribution is -2.51. The quantitative estimate of drug-likeness (QED) is 0.241. The zero-order valence-corrected chi connectivity index (χ0v) is 23.4. The summed E-state index contributed by atoms with van der Waals surface area (Å²) in [4.78, 5) is 29.2. The first-order valence-corrected chi connectivity index (χ1v) is 13.6. The number of ether oxygens (including phenoxy) is 2. The van der Waals surface area contributed by atoms with Crippen molar-refractivity contribution >= 4 is 11.8 Å². The summed E-state index contributed by atoms with van der Waals surface area (Å²) < 4.78 is 24.4. The molecular formula is C34H35FN2O4. The van der Waals surface area contributed by atoms with Gasteiger partial charge in [-0.25, -0.2) is 4.39 Å². The van der Waals surface area contributed by atoms with Gasteiger partial charge in [0.15, 0.2) is 11.5 Å². The number of amides is 2. The molecule has 0 unspecified atom stereocenters. The van der Waals surface area contributed by atoms with Gasteiger partial charge in [-0.15, -0.1) is 0 Å². The Bertz CT molecular complexity index is 1410. The van der Waals surface area contributed by atoms with E-state index in [-0.39, 0.29) is 30.6 Å². The lowest BCUT2D eigenvalue weighted by atomic mass is 10.0. The van der Waals surface area contributed by atoms with Crippen LogP contribution < -0.4 is 14.8 Å². The van der Waals surface area contributed by atoms with E-state index in [1.807, 2.05) is 78.9 Å². The van der Waals surface area contributed by atoms with Crippen LogP contribution in [0.4, 0.5) is 4.39 Å². The van der Waals surface area contributed by atoms with Gasteiger partial charge >= 0.3 is 0 Å². The van der Waals surface area contributed by atoms with E-state index in [9.17, 15) is 14.0 Å². The lowest BCUT2D eigenvalue weighted by molar-refractivity contribution is -0.140. The van der Waals surface area contributed by atoms with Crippen LogP contribution in [0.5, 0.6) is 11.5 Å². The van der Waals surface area contributed by atoms with E-state index >= 15 is 0 Å². The van der Waals surface area contributed by atoms with Crippen LogP contribution >= 0.6 is 0 Å². The third-order valence-electron chi connectivity index (χ3n) is 6.90. The van der Waals surface area contributed by atoms with Gasteiger partial charge in [0.2, 0.25) is 11.8 Å². The molecule has 0 spiro atoms. The van der Waals surface area contributed by atoms with E-state index in [1.165, 1.54) is 12.1 Å². The molecule has 0 saturated carbocycles. The van der Waals surface area contributed by atoms with E-state index in [2.05, 4.69) is 5.32 Å². The minimum absolute atomic E-state index is 0.145. The van der Waals surface area contributed by atoms with E-state index < -0.39 is 6.04 Å². The number of hydrogen-bond donors (Lipinski definition) is 1. The molecule has 4 aromatic carbocycles. The highest BCUT2D eigenvalue weighted by atomic mass is 19.1. The van der Waals surface area contributed by atoms with Crippen LogP contribution in [0.2, 0.25) is 0 Å². The molecule has 0 aliphatic carbocycles. The first-order valence-electron chi connectivity index (χ1n) is 13.6. The van der Waals surface area contributed by atoms with Gasteiger partial charge in [-0.05, 0) is 52.9 Å². The van der Waals surface area contributed by atoms with Crippen LogP contribution in [0.15, 0.2) is 103 Å². The van der Waals surface area contributed by atoms with Crippen LogP contribution in [0.25, 0.3) is 0 Å². The van der Waals surface area contributed by atoms with Crippen molar-refractivity contribution < 1.29 is 23.5 Å². The number of rotatable bonds is 13. The van der Waals surface area contributed by atoms with Crippen molar-refractivity contribution in [3.05, 3.63) is 131 Å². The van der Waals surface area contributed by atoms with E-state index in [0.717, 1.165) is 22.3 Å². The number of carbonyl (C=O) groups is 2. The summed E-state index contributed by atoms with van der Waals surface area (Å²) in [7, 11) is 3.17. The third-order valence-corrected chi connectivity index (χ3v) is 6.90. The fourth-order valence-corrected chi connectivity index (χ4v) is 4.70. The molecule has 0 saturated heterocycles. The molecule has 0 aliphatic rings. The second-order valence-electron chi connectivity index (χ2n) is 9.75. The van der Waals surface area contributed by atoms with Crippen molar-refractivity contribution in [1.82, 2.24) is 10.2 Å². The van der Waals surface area contributed by atoms with Gasteiger partial charge in [-0.3, -0.25) is 9.59 Å². The molecule has 2 amide bonds. The van der Waals surface area contributed by atoms with Crippen LogP contribution in [0, 0.1) is 5.82 Å². The monoisotopic (exact) mass is 554 g/mol. The van der Waals surface area contributed by atoms with E-state index in [0.29, 0.717) is 30.9 Å². The summed E-state index contributed by atoms with van der Waals surface area (Å²) in [5, 5.41) is 3.05. The zero-order valence-electron chi connectivity index (χ0n) is 23.4. The predicted octanol–water partition coefficient (Wildman–Crippen LogP) is 5.38. The first kappa shape index (κ1) is 29.3. The standard InChI is InChI=1S/C34H35FN2O4/c1-40-31-18-15-27(22-32(31)41-2)19-20-36-34(39)30(21-25-9-5-3-6-10-25)37(24-28-13-16-29(35)17-14-28)33(38)23-26-11-7-4-8-12-26/h3-18,22,30H,19-21,23-24H2,1-2H3,(H,36,39)/t30-/m0/s1. The number of hydrogen-bond acceptors (Lipinski definition) is 4. The van der Waals surface area contributed by atoms with Crippen LogP contribution in [-0.4, -0.2) is 43.5 Å². The second-order valence-corrected chi connectivity index (χ2v) is 9.75. The Balaban J connectivity index is 1.57. The number of benzene rings is 4.